The highest BCUT2D eigenvalue weighted by Gasteiger charge is 2.56. The molecule has 5 atom stereocenters. The molecule has 3 heterocycles. The third-order valence-electron chi connectivity index (χ3n) is 8.92. The molecule has 4 N–H and O–H groups in total. The number of imidazole rings is 1. The van der Waals surface area contributed by atoms with E-state index in [-0.39, 0.29) is 22.9 Å². The minimum absolute atomic E-state index is 0.167. The number of amides is 1. The van der Waals surface area contributed by atoms with Gasteiger partial charge in [-0.1, -0.05) is 97.1 Å². The van der Waals surface area contributed by atoms with Gasteiger partial charge >= 0.3 is 0 Å². The summed E-state index contributed by atoms with van der Waals surface area (Å²) in [7, 11) is 1.56. The standard InChI is InChI=1S/C37H33N5O6/c1-47-27-20-12-11-19-26(27)37(24-15-7-3-8-16-24,25-17-9-4-10-18-25)32(45)31-29(43)30(44)36(48-31)42-22-40-28-33(38-21-39-34(28)42)41-35(46)23-13-5-2-6-14-23/h2-22,29-32,36,43-45H,1H3,(H,38,39,41,46)/t29-,30+,31-,32?,36+/m0/s1. The first-order chi connectivity index (χ1) is 23.4. The number of hydrogen-bond donors (Lipinski definition) is 4. The maximum atomic E-state index is 12.9. The molecule has 2 aromatic heterocycles. The molecular formula is C37H33N5O6. The lowest BCUT2D eigenvalue weighted by Crippen LogP contribution is -2.52. The van der Waals surface area contributed by atoms with Crippen molar-refractivity contribution in [2.24, 2.45) is 0 Å². The highest BCUT2D eigenvalue weighted by atomic mass is 16.6. The van der Waals surface area contributed by atoms with E-state index >= 15 is 0 Å². The number of ether oxygens (including phenoxy) is 2. The van der Waals surface area contributed by atoms with E-state index in [9.17, 15) is 20.1 Å². The van der Waals surface area contributed by atoms with Crippen molar-refractivity contribution >= 4 is 22.9 Å². The number of anilines is 1. The summed E-state index contributed by atoms with van der Waals surface area (Å²) in [6.45, 7) is 0. The number of carbonyl (C=O) groups is 1. The normalized spacial score (nSPS) is 20.0. The molecule has 0 bridgehead atoms. The Bertz CT molecular complexity index is 1990. The molecule has 0 radical (unpaired) electrons. The van der Waals surface area contributed by atoms with Crippen LogP contribution in [0, 0.1) is 0 Å². The zero-order chi connectivity index (χ0) is 33.3. The highest BCUT2D eigenvalue weighted by Crippen LogP contribution is 2.49. The lowest BCUT2D eigenvalue weighted by molar-refractivity contribution is -0.0974. The second-order valence-electron chi connectivity index (χ2n) is 11.5. The molecule has 1 unspecified atom stereocenters. The Balaban J connectivity index is 1.30. The Morgan fingerprint density at radius 2 is 1.44 bits per heavy atom. The van der Waals surface area contributed by atoms with Crippen LogP contribution >= 0.6 is 0 Å². The molecule has 242 valence electrons. The molecule has 0 saturated carbocycles. The number of carbonyl (C=O) groups excluding carboxylic acids is 1. The number of rotatable bonds is 9. The van der Waals surface area contributed by atoms with Gasteiger partial charge in [-0.3, -0.25) is 9.36 Å². The monoisotopic (exact) mass is 643 g/mol. The minimum Gasteiger partial charge on any atom is -0.496 e. The lowest BCUT2D eigenvalue weighted by atomic mass is 9.63. The molecule has 6 aromatic rings. The largest absolute Gasteiger partial charge is 0.496 e. The van der Waals surface area contributed by atoms with Crippen molar-refractivity contribution in [3.8, 4) is 5.75 Å². The van der Waals surface area contributed by atoms with Crippen LogP contribution in [0.25, 0.3) is 11.2 Å². The summed E-state index contributed by atoms with van der Waals surface area (Å²) >= 11 is 0. The fraction of sp³-hybridized carbons (Fsp3) is 0.189. The number of nitrogens with zero attached hydrogens (tertiary/aromatic N) is 4. The van der Waals surface area contributed by atoms with Gasteiger partial charge in [0.2, 0.25) is 0 Å². The van der Waals surface area contributed by atoms with Crippen molar-refractivity contribution in [3.05, 3.63) is 150 Å². The predicted molar refractivity (Wildman–Crippen MR) is 177 cm³/mol. The number of nitrogens with one attached hydrogen (secondary N) is 1. The second-order valence-corrected chi connectivity index (χ2v) is 11.5. The number of aliphatic hydroxyl groups is 3. The number of fused-ring (bicyclic) bond motifs is 1. The summed E-state index contributed by atoms with van der Waals surface area (Å²) in [6, 6.07) is 35.0. The molecule has 48 heavy (non-hydrogen) atoms. The number of aliphatic hydroxyl groups excluding tert-OH is 3. The summed E-state index contributed by atoms with van der Waals surface area (Å²) in [4.78, 5) is 25.9. The zero-order valence-electron chi connectivity index (χ0n) is 25.9. The summed E-state index contributed by atoms with van der Waals surface area (Å²) in [5, 5.41) is 38.5. The SMILES string of the molecule is COc1ccccc1C(c1ccccc1)(c1ccccc1)C(O)[C@H]1O[C@@H](n2cnc3c(NC(=O)c4ccccc4)ncnc32)[C@H](O)[C@@H]1O. The molecule has 1 aliphatic heterocycles. The molecule has 0 spiro atoms. The molecule has 1 aliphatic rings. The van der Waals surface area contributed by atoms with Crippen LogP contribution in [0.3, 0.4) is 0 Å². The van der Waals surface area contributed by atoms with Gasteiger partial charge < -0.3 is 30.1 Å². The molecule has 1 saturated heterocycles. The third-order valence-corrected chi connectivity index (χ3v) is 8.92. The Labute approximate surface area is 276 Å². The average Bonchev–Trinajstić information content (AvgIpc) is 3.70. The van der Waals surface area contributed by atoms with Gasteiger partial charge in [-0.15, -0.1) is 0 Å². The van der Waals surface area contributed by atoms with Crippen LogP contribution in [-0.4, -0.2) is 72.3 Å². The van der Waals surface area contributed by atoms with E-state index in [0.29, 0.717) is 16.9 Å². The Morgan fingerprint density at radius 1 is 0.833 bits per heavy atom. The predicted octanol–water partition coefficient (Wildman–Crippen LogP) is 4.10. The molecule has 1 fully saturated rings. The molecule has 7 rings (SSSR count). The van der Waals surface area contributed by atoms with Crippen molar-refractivity contribution in [3.63, 3.8) is 0 Å². The Hall–Kier alpha value is -5.46. The number of para-hydroxylation sites is 1. The van der Waals surface area contributed by atoms with Gasteiger partial charge in [0, 0.05) is 11.1 Å². The van der Waals surface area contributed by atoms with E-state index in [1.54, 1.807) is 31.4 Å². The summed E-state index contributed by atoms with van der Waals surface area (Å²) in [6.07, 6.45) is -4.29. The van der Waals surface area contributed by atoms with E-state index in [4.69, 9.17) is 9.47 Å². The van der Waals surface area contributed by atoms with Crippen LogP contribution in [0.1, 0.15) is 33.3 Å². The van der Waals surface area contributed by atoms with Gasteiger partial charge in [-0.25, -0.2) is 15.0 Å². The fourth-order valence-corrected chi connectivity index (χ4v) is 6.67. The molecular weight excluding hydrogens is 610 g/mol. The maximum Gasteiger partial charge on any atom is 0.256 e. The van der Waals surface area contributed by atoms with E-state index in [1.165, 1.54) is 17.2 Å². The topological polar surface area (TPSA) is 152 Å². The Kier molecular flexibility index (Phi) is 8.42. The molecule has 4 aromatic carbocycles. The van der Waals surface area contributed by atoms with Crippen LogP contribution in [0.15, 0.2) is 128 Å². The van der Waals surface area contributed by atoms with Crippen molar-refractivity contribution in [1.29, 1.82) is 0 Å². The van der Waals surface area contributed by atoms with Gasteiger partial charge in [0.1, 0.15) is 36.5 Å². The maximum absolute atomic E-state index is 12.9. The molecule has 1 amide bonds. The van der Waals surface area contributed by atoms with E-state index in [0.717, 1.165) is 11.1 Å². The van der Waals surface area contributed by atoms with Crippen molar-refractivity contribution in [2.45, 2.75) is 36.1 Å². The first-order valence-electron chi connectivity index (χ1n) is 15.4. The first-order valence-corrected chi connectivity index (χ1v) is 15.4. The summed E-state index contributed by atoms with van der Waals surface area (Å²) < 4.78 is 13.7. The van der Waals surface area contributed by atoms with E-state index in [2.05, 4.69) is 20.3 Å². The van der Waals surface area contributed by atoms with Crippen LogP contribution in [0.4, 0.5) is 5.82 Å². The van der Waals surface area contributed by atoms with Crippen molar-refractivity contribution in [1.82, 2.24) is 19.5 Å². The molecule has 11 nitrogen and oxygen atoms in total. The van der Waals surface area contributed by atoms with Crippen LogP contribution in [0.2, 0.25) is 0 Å². The van der Waals surface area contributed by atoms with Crippen LogP contribution < -0.4 is 10.1 Å². The first kappa shape index (κ1) is 31.2. The number of benzene rings is 4. The fourth-order valence-electron chi connectivity index (χ4n) is 6.67. The third kappa shape index (κ3) is 5.19. The van der Waals surface area contributed by atoms with Gasteiger partial charge in [-0.2, -0.15) is 0 Å². The van der Waals surface area contributed by atoms with Crippen molar-refractivity contribution < 1.29 is 29.6 Å². The molecule has 11 heteroatoms. The van der Waals surface area contributed by atoms with Gasteiger partial charge in [0.25, 0.3) is 5.91 Å². The van der Waals surface area contributed by atoms with E-state index in [1.807, 2.05) is 91.0 Å². The van der Waals surface area contributed by atoms with Gasteiger partial charge in [-0.05, 0) is 29.3 Å². The van der Waals surface area contributed by atoms with Crippen LogP contribution in [0.5, 0.6) is 5.75 Å². The quantitative estimate of drug-likeness (QED) is 0.171. The van der Waals surface area contributed by atoms with Gasteiger partial charge in [0.05, 0.1) is 18.9 Å². The van der Waals surface area contributed by atoms with Crippen molar-refractivity contribution in [2.75, 3.05) is 12.4 Å². The number of aromatic nitrogens is 4. The number of methoxy groups -OCH3 is 1. The molecule has 0 aliphatic carbocycles. The minimum atomic E-state index is -1.52. The Morgan fingerprint density at radius 3 is 2.08 bits per heavy atom. The van der Waals surface area contributed by atoms with Crippen LogP contribution in [-0.2, 0) is 10.2 Å². The lowest BCUT2D eigenvalue weighted by Gasteiger charge is -2.43. The highest BCUT2D eigenvalue weighted by molar-refractivity contribution is 6.06. The number of hydrogen-bond acceptors (Lipinski definition) is 9. The smallest absolute Gasteiger partial charge is 0.256 e. The summed E-state index contributed by atoms with van der Waals surface area (Å²) in [5.41, 5.74) is 1.72. The average molecular weight is 644 g/mol. The second kappa shape index (κ2) is 13.0. The van der Waals surface area contributed by atoms with Gasteiger partial charge in [0.15, 0.2) is 23.2 Å². The zero-order valence-corrected chi connectivity index (χ0v) is 25.9. The van der Waals surface area contributed by atoms with E-state index < -0.39 is 36.1 Å². The summed E-state index contributed by atoms with van der Waals surface area (Å²) in [5.74, 6) is 0.312.